The van der Waals surface area contributed by atoms with Crippen LogP contribution in [0.2, 0.25) is 0 Å². The molecule has 1 saturated carbocycles. The van der Waals surface area contributed by atoms with E-state index in [0.29, 0.717) is 17.5 Å². The van der Waals surface area contributed by atoms with E-state index in [1.165, 1.54) is 17.7 Å². The minimum atomic E-state index is -0.316. The molecular formula is C16H18N2O2S. The quantitative estimate of drug-likeness (QED) is 0.635. The monoisotopic (exact) mass is 302 g/mol. The van der Waals surface area contributed by atoms with Crippen LogP contribution in [-0.2, 0) is 0 Å². The highest BCUT2D eigenvalue weighted by molar-refractivity contribution is 7.10. The van der Waals surface area contributed by atoms with Gasteiger partial charge in [0.25, 0.3) is 5.69 Å². The Labute approximate surface area is 128 Å². The Hall–Kier alpha value is -1.88. The number of hydrogen-bond acceptors (Lipinski definition) is 4. The fourth-order valence-electron chi connectivity index (χ4n) is 2.64. The molecule has 110 valence electrons. The number of nitro benzene ring substituents is 1. The van der Waals surface area contributed by atoms with Crippen molar-refractivity contribution in [2.45, 2.75) is 32.7 Å². The van der Waals surface area contributed by atoms with Crippen molar-refractivity contribution < 1.29 is 4.92 Å². The van der Waals surface area contributed by atoms with Crippen molar-refractivity contribution in [3.05, 3.63) is 55.8 Å². The number of anilines is 1. The van der Waals surface area contributed by atoms with Crippen LogP contribution in [0.5, 0.6) is 0 Å². The van der Waals surface area contributed by atoms with E-state index in [1.807, 2.05) is 13.0 Å². The van der Waals surface area contributed by atoms with Gasteiger partial charge in [0.1, 0.15) is 0 Å². The zero-order valence-electron chi connectivity index (χ0n) is 12.1. The molecule has 1 aliphatic rings. The molecule has 1 aliphatic carbocycles. The second-order valence-corrected chi connectivity index (χ2v) is 6.66. The number of benzene rings is 1. The molecule has 0 bridgehead atoms. The summed E-state index contributed by atoms with van der Waals surface area (Å²) in [6.07, 6.45) is 2.50. The lowest BCUT2D eigenvalue weighted by molar-refractivity contribution is -0.385. The summed E-state index contributed by atoms with van der Waals surface area (Å²) in [6, 6.07) is 8.12. The fourth-order valence-corrected chi connectivity index (χ4v) is 3.51. The van der Waals surface area contributed by atoms with Gasteiger partial charge in [-0.05, 0) is 55.7 Å². The third kappa shape index (κ3) is 2.93. The molecular weight excluding hydrogens is 284 g/mol. The van der Waals surface area contributed by atoms with E-state index in [9.17, 15) is 10.1 Å². The van der Waals surface area contributed by atoms with Crippen LogP contribution in [0.15, 0.2) is 29.6 Å². The number of aryl methyl sites for hydroxylation is 2. The molecule has 1 fully saturated rings. The van der Waals surface area contributed by atoms with Crippen molar-refractivity contribution in [2.75, 3.05) is 5.32 Å². The van der Waals surface area contributed by atoms with Gasteiger partial charge in [-0.2, -0.15) is 0 Å². The SMILES string of the molecule is Cc1cc([N+](=O)[O-])c(C)cc1NC(c1cccs1)C1CC1. The van der Waals surface area contributed by atoms with Crippen molar-refractivity contribution in [2.24, 2.45) is 5.92 Å². The molecule has 0 saturated heterocycles. The first kappa shape index (κ1) is 14.1. The van der Waals surface area contributed by atoms with E-state index in [0.717, 1.165) is 11.3 Å². The van der Waals surface area contributed by atoms with Crippen molar-refractivity contribution in [1.29, 1.82) is 0 Å². The molecule has 3 rings (SSSR count). The first-order valence-corrected chi connectivity index (χ1v) is 8.00. The van der Waals surface area contributed by atoms with E-state index in [2.05, 4.69) is 22.8 Å². The molecule has 1 heterocycles. The van der Waals surface area contributed by atoms with Crippen molar-refractivity contribution in [1.82, 2.24) is 0 Å². The van der Waals surface area contributed by atoms with Gasteiger partial charge in [0.15, 0.2) is 0 Å². The van der Waals surface area contributed by atoms with Crippen LogP contribution in [0.4, 0.5) is 11.4 Å². The molecule has 0 aliphatic heterocycles. The highest BCUT2D eigenvalue weighted by atomic mass is 32.1. The van der Waals surface area contributed by atoms with Crippen LogP contribution < -0.4 is 5.32 Å². The summed E-state index contributed by atoms with van der Waals surface area (Å²) < 4.78 is 0. The number of nitro groups is 1. The van der Waals surface area contributed by atoms with E-state index in [1.54, 1.807) is 24.3 Å². The average molecular weight is 302 g/mol. The Kier molecular flexibility index (Phi) is 3.68. The molecule has 1 aromatic carbocycles. The van der Waals surface area contributed by atoms with Crippen molar-refractivity contribution >= 4 is 22.7 Å². The van der Waals surface area contributed by atoms with Gasteiger partial charge >= 0.3 is 0 Å². The summed E-state index contributed by atoms with van der Waals surface area (Å²) in [5.74, 6) is 0.679. The highest BCUT2D eigenvalue weighted by Crippen LogP contribution is 2.44. The minimum Gasteiger partial charge on any atom is -0.377 e. The molecule has 1 N–H and O–H groups in total. The number of rotatable bonds is 5. The standard InChI is InChI=1S/C16H18N2O2S/c1-10-9-14(18(19)20)11(2)8-13(10)17-16(12-5-6-12)15-4-3-7-21-15/h3-4,7-9,12,16-17H,5-6H2,1-2H3. The minimum absolute atomic E-state index is 0.192. The van der Waals surface area contributed by atoms with Crippen molar-refractivity contribution in [3.63, 3.8) is 0 Å². The lowest BCUT2D eigenvalue weighted by Crippen LogP contribution is -2.12. The van der Waals surface area contributed by atoms with Gasteiger partial charge in [0.05, 0.1) is 11.0 Å². The van der Waals surface area contributed by atoms with Crippen LogP contribution >= 0.6 is 11.3 Å². The zero-order valence-corrected chi connectivity index (χ0v) is 12.9. The van der Waals surface area contributed by atoms with Crippen molar-refractivity contribution in [3.8, 4) is 0 Å². The zero-order chi connectivity index (χ0) is 15.0. The van der Waals surface area contributed by atoms with Gasteiger partial charge in [-0.15, -0.1) is 11.3 Å². The summed E-state index contributed by atoms with van der Waals surface area (Å²) in [7, 11) is 0. The van der Waals surface area contributed by atoms with Crippen LogP contribution in [0, 0.1) is 29.9 Å². The number of nitrogens with one attached hydrogen (secondary N) is 1. The lowest BCUT2D eigenvalue weighted by atomic mass is 10.1. The van der Waals surface area contributed by atoms with Gasteiger partial charge in [0.2, 0.25) is 0 Å². The molecule has 1 atom stereocenters. The Balaban J connectivity index is 1.90. The number of nitrogens with zero attached hydrogens (tertiary/aromatic N) is 1. The number of hydrogen-bond donors (Lipinski definition) is 1. The van der Waals surface area contributed by atoms with E-state index >= 15 is 0 Å². The van der Waals surface area contributed by atoms with Gasteiger partial charge < -0.3 is 5.32 Å². The Morgan fingerprint density at radius 2 is 2.10 bits per heavy atom. The average Bonchev–Trinajstić information content (AvgIpc) is 3.13. The van der Waals surface area contributed by atoms with Gasteiger partial charge in [-0.25, -0.2) is 0 Å². The second kappa shape index (κ2) is 5.48. The third-order valence-corrected chi connectivity index (χ3v) is 4.95. The van der Waals surface area contributed by atoms with Gasteiger partial charge in [0, 0.05) is 22.2 Å². The van der Waals surface area contributed by atoms with E-state index in [4.69, 9.17) is 0 Å². The molecule has 4 nitrogen and oxygen atoms in total. The molecule has 0 spiro atoms. The molecule has 2 aromatic rings. The highest BCUT2D eigenvalue weighted by Gasteiger charge is 2.33. The first-order chi connectivity index (χ1) is 10.1. The normalized spacial score (nSPS) is 15.7. The summed E-state index contributed by atoms with van der Waals surface area (Å²) in [5, 5.41) is 16.7. The maximum atomic E-state index is 11.0. The maximum Gasteiger partial charge on any atom is 0.272 e. The smallest absolute Gasteiger partial charge is 0.272 e. The predicted octanol–water partition coefficient (Wildman–Crippen LogP) is 4.84. The van der Waals surface area contributed by atoms with Crippen LogP contribution in [0.25, 0.3) is 0 Å². The summed E-state index contributed by atoms with van der Waals surface area (Å²) in [4.78, 5) is 12.0. The summed E-state index contributed by atoms with van der Waals surface area (Å²) >= 11 is 1.77. The van der Waals surface area contributed by atoms with Gasteiger partial charge in [-0.1, -0.05) is 6.07 Å². The second-order valence-electron chi connectivity index (χ2n) is 5.69. The number of thiophene rings is 1. The molecule has 21 heavy (non-hydrogen) atoms. The van der Waals surface area contributed by atoms with Crippen LogP contribution in [-0.4, -0.2) is 4.92 Å². The lowest BCUT2D eigenvalue weighted by Gasteiger charge is -2.20. The largest absolute Gasteiger partial charge is 0.377 e. The van der Waals surface area contributed by atoms with Gasteiger partial charge in [-0.3, -0.25) is 10.1 Å². The van der Waals surface area contributed by atoms with E-state index in [-0.39, 0.29) is 10.6 Å². The maximum absolute atomic E-state index is 11.0. The molecule has 0 radical (unpaired) electrons. The van der Waals surface area contributed by atoms with Crippen LogP contribution in [0.1, 0.15) is 34.9 Å². The van der Waals surface area contributed by atoms with E-state index < -0.39 is 0 Å². The molecule has 0 amide bonds. The molecule has 5 heteroatoms. The Morgan fingerprint density at radius 3 is 2.67 bits per heavy atom. The fraction of sp³-hybridized carbons (Fsp3) is 0.375. The summed E-state index contributed by atoms with van der Waals surface area (Å²) in [5.41, 5.74) is 2.82. The summed E-state index contributed by atoms with van der Waals surface area (Å²) in [6.45, 7) is 3.72. The van der Waals surface area contributed by atoms with Crippen LogP contribution in [0.3, 0.4) is 0 Å². The first-order valence-electron chi connectivity index (χ1n) is 7.12. The third-order valence-electron chi connectivity index (χ3n) is 3.99. The topological polar surface area (TPSA) is 55.2 Å². The molecule has 1 aromatic heterocycles. The Morgan fingerprint density at radius 1 is 1.33 bits per heavy atom. The predicted molar refractivity (Wildman–Crippen MR) is 86.0 cm³/mol. The Bertz CT molecular complexity index is 663. The molecule has 1 unspecified atom stereocenters.